The predicted molar refractivity (Wildman–Crippen MR) is 80.9 cm³/mol. The van der Waals surface area contributed by atoms with Crippen molar-refractivity contribution >= 4 is 30.0 Å². The molecule has 0 aliphatic carbocycles. The molecule has 20 heavy (non-hydrogen) atoms. The third-order valence-corrected chi connectivity index (χ3v) is 3.51. The molecule has 0 amide bonds. The van der Waals surface area contributed by atoms with E-state index in [1.54, 1.807) is 0 Å². The molecule has 1 heterocycles. The predicted octanol–water partition coefficient (Wildman–Crippen LogP) is 2.61. The van der Waals surface area contributed by atoms with Gasteiger partial charge < -0.3 is 14.8 Å². The van der Waals surface area contributed by atoms with E-state index < -0.39 is 0 Å². The minimum atomic E-state index is -0.271. The zero-order valence-electron chi connectivity index (χ0n) is 11.5. The third kappa shape index (κ3) is 4.01. The molecule has 0 saturated carbocycles. The normalized spacial score (nSPS) is 21.1. The second-order valence-electron chi connectivity index (χ2n) is 4.57. The second kappa shape index (κ2) is 7.72. The Morgan fingerprint density at radius 1 is 1.50 bits per heavy atom. The largest absolute Gasteiger partial charge is 0.489 e. The fourth-order valence-electron chi connectivity index (χ4n) is 2.23. The van der Waals surface area contributed by atoms with Crippen molar-refractivity contribution < 1.29 is 14.3 Å². The second-order valence-corrected chi connectivity index (χ2v) is 5.00. The highest BCUT2D eigenvalue weighted by Crippen LogP contribution is 2.26. The number of carbonyl (C=O) groups excluding carboxylic acids is 1. The molecule has 1 aromatic rings. The number of benzene rings is 1. The van der Waals surface area contributed by atoms with Crippen molar-refractivity contribution in [2.75, 3.05) is 13.7 Å². The molecule has 0 spiro atoms. The van der Waals surface area contributed by atoms with Gasteiger partial charge in [-0.25, -0.2) is 0 Å². The first-order valence-corrected chi connectivity index (χ1v) is 6.78. The molecular formula is C14H19Cl2NO3. The van der Waals surface area contributed by atoms with Crippen molar-refractivity contribution in [2.24, 2.45) is 0 Å². The van der Waals surface area contributed by atoms with Crippen molar-refractivity contribution in [3.8, 4) is 5.75 Å². The summed E-state index contributed by atoms with van der Waals surface area (Å²) in [6.07, 6.45) is 1.46. The molecule has 0 radical (unpaired) electrons. The van der Waals surface area contributed by atoms with Gasteiger partial charge in [0.25, 0.3) is 0 Å². The minimum absolute atomic E-state index is 0. The Bertz CT molecular complexity index is 468. The van der Waals surface area contributed by atoms with E-state index in [-0.39, 0.29) is 30.5 Å². The Kier molecular flexibility index (Phi) is 6.59. The quantitative estimate of drug-likeness (QED) is 0.867. The van der Waals surface area contributed by atoms with E-state index >= 15 is 0 Å². The molecular weight excluding hydrogens is 301 g/mol. The van der Waals surface area contributed by atoms with Gasteiger partial charge in [-0.05, 0) is 30.2 Å². The van der Waals surface area contributed by atoms with E-state index in [0.29, 0.717) is 18.0 Å². The monoisotopic (exact) mass is 319 g/mol. The summed E-state index contributed by atoms with van der Waals surface area (Å²) in [5.74, 6) is 0.599. The number of hydrogen-bond acceptors (Lipinski definition) is 4. The number of aryl methyl sites for hydroxylation is 1. The summed E-state index contributed by atoms with van der Waals surface area (Å²) in [4.78, 5) is 11.4. The molecule has 1 saturated heterocycles. The lowest BCUT2D eigenvalue weighted by Gasteiger charge is -2.16. The van der Waals surface area contributed by atoms with Crippen molar-refractivity contribution in [3.63, 3.8) is 0 Å². The molecule has 1 fully saturated rings. The molecule has 6 heteroatoms. The molecule has 1 aromatic carbocycles. The SMILES string of the molecule is CCc1cc(Cl)ccc1O[C@@H]1CN[C@H](C(=O)OC)C1.Cl. The molecule has 0 aromatic heterocycles. The third-order valence-electron chi connectivity index (χ3n) is 3.27. The fourth-order valence-corrected chi connectivity index (χ4v) is 2.43. The number of hydrogen-bond donors (Lipinski definition) is 1. The van der Waals surface area contributed by atoms with Crippen LogP contribution in [0.15, 0.2) is 18.2 Å². The van der Waals surface area contributed by atoms with Gasteiger partial charge >= 0.3 is 5.97 Å². The van der Waals surface area contributed by atoms with E-state index in [9.17, 15) is 4.79 Å². The molecule has 0 unspecified atom stereocenters. The van der Waals surface area contributed by atoms with Crippen molar-refractivity contribution in [2.45, 2.75) is 31.9 Å². The zero-order valence-corrected chi connectivity index (χ0v) is 13.1. The maximum absolute atomic E-state index is 11.4. The Morgan fingerprint density at radius 3 is 2.90 bits per heavy atom. The number of esters is 1. The Morgan fingerprint density at radius 2 is 2.25 bits per heavy atom. The standard InChI is InChI=1S/C14H18ClNO3.ClH/c1-3-9-6-10(15)4-5-13(9)19-11-7-12(16-8-11)14(17)18-2;/h4-6,11-12,16H,3,7-8H2,1-2H3;1H/t11-,12-;/m0./s1. The van der Waals surface area contributed by atoms with Crippen LogP contribution in [-0.2, 0) is 16.0 Å². The van der Waals surface area contributed by atoms with Crippen LogP contribution in [0.5, 0.6) is 5.75 Å². The van der Waals surface area contributed by atoms with E-state index in [4.69, 9.17) is 21.1 Å². The number of nitrogens with one attached hydrogen (secondary N) is 1. The average Bonchev–Trinajstić information content (AvgIpc) is 2.88. The average molecular weight is 320 g/mol. The molecule has 2 rings (SSSR count). The fraction of sp³-hybridized carbons (Fsp3) is 0.500. The molecule has 0 bridgehead atoms. The maximum atomic E-state index is 11.4. The highest BCUT2D eigenvalue weighted by Gasteiger charge is 2.31. The zero-order chi connectivity index (χ0) is 13.8. The van der Waals surface area contributed by atoms with Gasteiger partial charge in [-0.15, -0.1) is 12.4 Å². The van der Waals surface area contributed by atoms with Gasteiger partial charge in [0.2, 0.25) is 0 Å². The van der Waals surface area contributed by atoms with Crippen molar-refractivity contribution in [1.29, 1.82) is 0 Å². The van der Waals surface area contributed by atoms with Crippen LogP contribution in [0.1, 0.15) is 18.9 Å². The van der Waals surface area contributed by atoms with Gasteiger partial charge in [-0.1, -0.05) is 18.5 Å². The first kappa shape index (κ1) is 17.1. The summed E-state index contributed by atoms with van der Waals surface area (Å²) >= 11 is 5.97. The van der Waals surface area contributed by atoms with Crippen LogP contribution in [0, 0.1) is 0 Å². The lowest BCUT2D eigenvalue weighted by atomic mass is 10.1. The molecule has 1 N–H and O–H groups in total. The number of methoxy groups -OCH3 is 1. The maximum Gasteiger partial charge on any atom is 0.323 e. The van der Waals surface area contributed by atoms with Gasteiger partial charge in [0.05, 0.1) is 7.11 Å². The van der Waals surface area contributed by atoms with Crippen LogP contribution < -0.4 is 10.1 Å². The van der Waals surface area contributed by atoms with E-state index in [1.165, 1.54) is 7.11 Å². The molecule has 1 aliphatic rings. The number of carbonyl (C=O) groups is 1. The van der Waals surface area contributed by atoms with E-state index in [0.717, 1.165) is 17.7 Å². The van der Waals surface area contributed by atoms with Gasteiger partial charge in [0.15, 0.2) is 0 Å². The van der Waals surface area contributed by atoms with Crippen LogP contribution in [-0.4, -0.2) is 31.8 Å². The first-order valence-electron chi connectivity index (χ1n) is 6.40. The Hall–Kier alpha value is -0.970. The molecule has 1 aliphatic heterocycles. The topological polar surface area (TPSA) is 47.6 Å². The molecule has 2 atom stereocenters. The summed E-state index contributed by atoms with van der Waals surface area (Å²) in [6.45, 7) is 2.70. The van der Waals surface area contributed by atoms with Crippen molar-refractivity contribution in [3.05, 3.63) is 28.8 Å². The van der Waals surface area contributed by atoms with Crippen LogP contribution in [0.25, 0.3) is 0 Å². The number of ether oxygens (including phenoxy) is 2. The first-order chi connectivity index (χ1) is 9.13. The number of rotatable bonds is 4. The minimum Gasteiger partial charge on any atom is -0.489 e. The summed E-state index contributed by atoms with van der Waals surface area (Å²) in [6, 6.07) is 5.34. The smallest absolute Gasteiger partial charge is 0.323 e. The molecule has 4 nitrogen and oxygen atoms in total. The van der Waals surface area contributed by atoms with E-state index in [1.807, 2.05) is 18.2 Å². The highest BCUT2D eigenvalue weighted by atomic mass is 35.5. The number of halogens is 2. The van der Waals surface area contributed by atoms with Crippen molar-refractivity contribution in [1.82, 2.24) is 5.32 Å². The summed E-state index contributed by atoms with van der Waals surface area (Å²) in [5, 5.41) is 3.81. The Balaban J connectivity index is 0.00000200. The van der Waals surface area contributed by atoms with Gasteiger partial charge in [0.1, 0.15) is 17.9 Å². The van der Waals surface area contributed by atoms with Gasteiger partial charge in [0, 0.05) is 18.0 Å². The summed E-state index contributed by atoms with van der Waals surface area (Å²) in [7, 11) is 1.40. The van der Waals surface area contributed by atoms with Gasteiger partial charge in [-0.3, -0.25) is 4.79 Å². The summed E-state index contributed by atoms with van der Waals surface area (Å²) in [5.41, 5.74) is 1.08. The lowest BCUT2D eigenvalue weighted by Crippen LogP contribution is -2.31. The van der Waals surface area contributed by atoms with Crippen LogP contribution >= 0.6 is 24.0 Å². The Labute approximate surface area is 130 Å². The van der Waals surface area contributed by atoms with Gasteiger partial charge in [-0.2, -0.15) is 0 Å². The van der Waals surface area contributed by atoms with Crippen LogP contribution in [0.2, 0.25) is 5.02 Å². The van der Waals surface area contributed by atoms with E-state index in [2.05, 4.69) is 12.2 Å². The lowest BCUT2D eigenvalue weighted by molar-refractivity contribution is -0.142. The molecule has 112 valence electrons. The van der Waals surface area contributed by atoms with Crippen LogP contribution in [0.4, 0.5) is 0 Å². The summed E-state index contributed by atoms with van der Waals surface area (Å²) < 4.78 is 10.7. The van der Waals surface area contributed by atoms with Crippen LogP contribution in [0.3, 0.4) is 0 Å². The highest BCUT2D eigenvalue weighted by molar-refractivity contribution is 6.30.